The molecule has 4 aromatic rings. The number of rotatable bonds is 3. The summed E-state index contributed by atoms with van der Waals surface area (Å²) in [5.74, 6) is 1.58. The summed E-state index contributed by atoms with van der Waals surface area (Å²) in [6.45, 7) is 6.21. The third-order valence-electron chi connectivity index (χ3n) is 4.66. The number of hydrogen-bond acceptors (Lipinski definition) is 3. The van der Waals surface area contributed by atoms with Crippen LogP contribution in [0.3, 0.4) is 0 Å². The molecule has 0 radical (unpaired) electrons. The average molecular weight is 383 g/mol. The Hall–Kier alpha value is -3.40. The SMILES string of the molecule is CC(C)(C)c1nc(-c2ccc(F)cc2)nc(-c2ccc(-c3ccccc3)cc2)n1. The highest BCUT2D eigenvalue weighted by atomic mass is 19.1. The number of benzene rings is 3. The molecule has 3 aromatic carbocycles. The molecule has 1 aromatic heterocycles. The van der Waals surface area contributed by atoms with Crippen LogP contribution in [0.15, 0.2) is 78.9 Å². The summed E-state index contributed by atoms with van der Waals surface area (Å²) in [5, 5.41) is 0. The van der Waals surface area contributed by atoms with E-state index in [-0.39, 0.29) is 11.2 Å². The van der Waals surface area contributed by atoms with Gasteiger partial charge in [0.1, 0.15) is 11.6 Å². The first-order valence-electron chi connectivity index (χ1n) is 9.58. The van der Waals surface area contributed by atoms with E-state index in [1.54, 1.807) is 12.1 Å². The van der Waals surface area contributed by atoms with E-state index in [0.29, 0.717) is 17.5 Å². The molecule has 0 bridgehead atoms. The quantitative estimate of drug-likeness (QED) is 0.416. The summed E-state index contributed by atoms with van der Waals surface area (Å²) in [5.41, 5.74) is 3.74. The number of halogens is 1. The lowest BCUT2D eigenvalue weighted by Crippen LogP contribution is -2.18. The van der Waals surface area contributed by atoms with Crippen LogP contribution in [-0.4, -0.2) is 15.0 Å². The van der Waals surface area contributed by atoms with E-state index in [9.17, 15) is 4.39 Å². The largest absolute Gasteiger partial charge is 0.212 e. The molecule has 4 heteroatoms. The van der Waals surface area contributed by atoms with Gasteiger partial charge in [0.15, 0.2) is 11.6 Å². The molecule has 0 aliphatic rings. The van der Waals surface area contributed by atoms with Crippen molar-refractivity contribution in [1.29, 1.82) is 0 Å². The fourth-order valence-corrected chi connectivity index (χ4v) is 3.01. The van der Waals surface area contributed by atoms with E-state index in [1.165, 1.54) is 12.1 Å². The molecule has 29 heavy (non-hydrogen) atoms. The molecule has 0 aliphatic carbocycles. The van der Waals surface area contributed by atoms with Gasteiger partial charge in [0.25, 0.3) is 0 Å². The maximum Gasteiger partial charge on any atom is 0.163 e. The zero-order chi connectivity index (χ0) is 20.4. The Labute approximate surface area is 170 Å². The summed E-state index contributed by atoms with van der Waals surface area (Å²) < 4.78 is 13.3. The Kier molecular flexibility index (Phi) is 4.93. The van der Waals surface area contributed by atoms with Gasteiger partial charge >= 0.3 is 0 Å². The minimum atomic E-state index is -0.282. The molecule has 0 atom stereocenters. The molecule has 0 unspecified atom stereocenters. The summed E-state index contributed by atoms with van der Waals surface area (Å²) >= 11 is 0. The summed E-state index contributed by atoms with van der Waals surface area (Å²) in [6.07, 6.45) is 0. The lowest BCUT2D eigenvalue weighted by Gasteiger charge is -2.18. The summed E-state index contributed by atoms with van der Waals surface area (Å²) in [7, 11) is 0. The second-order valence-electron chi connectivity index (χ2n) is 8.01. The van der Waals surface area contributed by atoms with Crippen molar-refractivity contribution >= 4 is 0 Å². The Morgan fingerprint density at radius 2 is 1.00 bits per heavy atom. The van der Waals surface area contributed by atoms with Gasteiger partial charge in [-0.1, -0.05) is 75.4 Å². The molecule has 0 aliphatic heterocycles. The van der Waals surface area contributed by atoms with Crippen LogP contribution in [0, 0.1) is 5.82 Å². The van der Waals surface area contributed by atoms with Crippen molar-refractivity contribution in [2.45, 2.75) is 26.2 Å². The van der Waals surface area contributed by atoms with Crippen LogP contribution >= 0.6 is 0 Å². The van der Waals surface area contributed by atoms with Crippen molar-refractivity contribution in [2.24, 2.45) is 0 Å². The predicted molar refractivity (Wildman–Crippen MR) is 115 cm³/mol. The van der Waals surface area contributed by atoms with Crippen LogP contribution in [0.25, 0.3) is 33.9 Å². The zero-order valence-electron chi connectivity index (χ0n) is 16.7. The van der Waals surface area contributed by atoms with E-state index >= 15 is 0 Å². The molecule has 4 rings (SSSR count). The topological polar surface area (TPSA) is 38.7 Å². The van der Waals surface area contributed by atoms with Crippen LogP contribution in [0.2, 0.25) is 0 Å². The van der Waals surface area contributed by atoms with Crippen molar-refractivity contribution in [3.05, 3.63) is 90.5 Å². The maximum atomic E-state index is 13.3. The molecule has 0 saturated carbocycles. The van der Waals surface area contributed by atoms with E-state index < -0.39 is 0 Å². The highest BCUT2D eigenvalue weighted by molar-refractivity contribution is 5.68. The molecule has 0 saturated heterocycles. The van der Waals surface area contributed by atoms with E-state index in [0.717, 1.165) is 22.3 Å². The summed E-state index contributed by atoms with van der Waals surface area (Å²) in [6, 6.07) is 24.7. The van der Waals surface area contributed by atoms with Gasteiger partial charge in [-0.3, -0.25) is 0 Å². The van der Waals surface area contributed by atoms with Gasteiger partial charge in [-0.25, -0.2) is 19.3 Å². The zero-order valence-corrected chi connectivity index (χ0v) is 16.7. The molecule has 1 heterocycles. The second kappa shape index (κ2) is 7.55. The molecule has 3 nitrogen and oxygen atoms in total. The second-order valence-corrected chi connectivity index (χ2v) is 8.01. The maximum absolute atomic E-state index is 13.3. The fourth-order valence-electron chi connectivity index (χ4n) is 3.01. The predicted octanol–water partition coefficient (Wildman–Crippen LogP) is 6.31. The Morgan fingerprint density at radius 3 is 1.52 bits per heavy atom. The summed E-state index contributed by atoms with van der Waals surface area (Å²) in [4.78, 5) is 14.0. The number of aromatic nitrogens is 3. The number of nitrogens with zero attached hydrogens (tertiary/aromatic N) is 3. The normalized spacial score (nSPS) is 11.4. The van der Waals surface area contributed by atoms with Gasteiger partial charge in [0.2, 0.25) is 0 Å². The van der Waals surface area contributed by atoms with Gasteiger partial charge in [0, 0.05) is 16.5 Å². The third kappa shape index (κ3) is 4.21. The van der Waals surface area contributed by atoms with E-state index in [2.05, 4.69) is 55.0 Å². The molecule has 0 N–H and O–H groups in total. The first kappa shape index (κ1) is 18.9. The van der Waals surface area contributed by atoms with Crippen molar-refractivity contribution < 1.29 is 4.39 Å². The molecular formula is C25H22FN3. The van der Waals surface area contributed by atoms with Gasteiger partial charge in [-0.05, 0) is 35.4 Å². The first-order chi connectivity index (χ1) is 13.9. The van der Waals surface area contributed by atoms with Gasteiger partial charge in [0.05, 0.1) is 0 Å². The van der Waals surface area contributed by atoms with E-state index in [4.69, 9.17) is 4.98 Å². The van der Waals surface area contributed by atoms with E-state index in [1.807, 2.05) is 30.3 Å². The molecule has 144 valence electrons. The van der Waals surface area contributed by atoms with Crippen LogP contribution in [0.5, 0.6) is 0 Å². The van der Waals surface area contributed by atoms with Crippen LogP contribution < -0.4 is 0 Å². The third-order valence-corrected chi connectivity index (χ3v) is 4.66. The lowest BCUT2D eigenvalue weighted by molar-refractivity contribution is 0.543. The van der Waals surface area contributed by atoms with Crippen molar-refractivity contribution in [2.75, 3.05) is 0 Å². The van der Waals surface area contributed by atoms with Crippen LogP contribution in [0.1, 0.15) is 26.6 Å². The highest BCUT2D eigenvalue weighted by Gasteiger charge is 2.21. The van der Waals surface area contributed by atoms with Gasteiger partial charge < -0.3 is 0 Å². The van der Waals surface area contributed by atoms with Gasteiger partial charge in [-0.2, -0.15) is 0 Å². The van der Waals surface area contributed by atoms with Crippen molar-refractivity contribution in [3.63, 3.8) is 0 Å². The molecule has 0 spiro atoms. The number of hydrogen-bond donors (Lipinski definition) is 0. The monoisotopic (exact) mass is 383 g/mol. The highest BCUT2D eigenvalue weighted by Crippen LogP contribution is 2.27. The molecular weight excluding hydrogens is 361 g/mol. The molecule has 0 amide bonds. The minimum absolute atomic E-state index is 0.240. The van der Waals surface area contributed by atoms with Crippen molar-refractivity contribution in [1.82, 2.24) is 15.0 Å². The van der Waals surface area contributed by atoms with Crippen LogP contribution in [-0.2, 0) is 5.41 Å². The Balaban J connectivity index is 1.78. The Morgan fingerprint density at radius 1 is 0.552 bits per heavy atom. The molecule has 0 fully saturated rings. The first-order valence-corrected chi connectivity index (χ1v) is 9.58. The minimum Gasteiger partial charge on any atom is -0.212 e. The van der Waals surface area contributed by atoms with Gasteiger partial charge in [-0.15, -0.1) is 0 Å². The van der Waals surface area contributed by atoms with Crippen molar-refractivity contribution in [3.8, 4) is 33.9 Å². The standard InChI is InChI=1S/C25H22FN3/c1-25(2,3)24-28-22(27-23(29-24)20-13-15-21(26)16-14-20)19-11-9-18(10-12-19)17-7-5-4-6-8-17/h4-16H,1-3H3. The average Bonchev–Trinajstić information content (AvgIpc) is 2.74. The van der Waals surface area contributed by atoms with Crippen LogP contribution in [0.4, 0.5) is 4.39 Å². The Bertz CT molecular complexity index is 1110. The fraction of sp³-hybridized carbons (Fsp3) is 0.160. The lowest BCUT2D eigenvalue weighted by atomic mass is 9.95. The smallest absolute Gasteiger partial charge is 0.163 e.